The summed E-state index contributed by atoms with van der Waals surface area (Å²) in [6.45, 7) is -0.139. The molecule has 1 saturated carbocycles. The highest BCUT2D eigenvalue weighted by Gasteiger charge is 2.51. The predicted octanol–water partition coefficient (Wildman–Crippen LogP) is 4.87. The number of carbonyl (C=O) groups is 1. The summed E-state index contributed by atoms with van der Waals surface area (Å²) in [5, 5.41) is 11.0. The number of amides is 1. The van der Waals surface area contributed by atoms with Crippen molar-refractivity contribution in [3.05, 3.63) is 60.2 Å². The lowest BCUT2D eigenvalue weighted by Crippen LogP contribution is -2.45. The van der Waals surface area contributed by atoms with E-state index in [2.05, 4.69) is 0 Å². The Morgan fingerprint density at radius 1 is 0.939 bits per heavy atom. The first-order valence-corrected chi connectivity index (χ1v) is 11.1. The number of alkyl halides is 3. The maximum absolute atomic E-state index is 13.3. The number of benzene rings is 2. The summed E-state index contributed by atoms with van der Waals surface area (Å²) in [4.78, 5) is 15.0. The number of halogens is 3. The number of hydrogen-bond acceptors (Lipinski definition) is 4. The van der Waals surface area contributed by atoms with E-state index in [-0.39, 0.29) is 18.3 Å². The number of carbonyl (C=O) groups excluding carboxylic acids is 1. The molecule has 1 N–H and O–H groups in total. The van der Waals surface area contributed by atoms with E-state index in [9.17, 15) is 23.1 Å². The Labute approximate surface area is 191 Å². The van der Waals surface area contributed by atoms with Crippen molar-refractivity contribution in [2.75, 3.05) is 24.7 Å². The smallest absolute Gasteiger partial charge is 0.422 e. The van der Waals surface area contributed by atoms with Crippen LogP contribution >= 0.6 is 0 Å². The molecule has 1 aliphatic heterocycles. The average Bonchev–Trinajstić information content (AvgIpc) is 3.11. The van der Waals surface area contributed by atoms with Gasteiger partial charge in [-0.2, -0.15) is 13.2 Å². The van der Waals surface area contributed by atoms with Crippen LogP contribution in [-0.4, -0.2) is 42.5 Å². The molecule has 1 heterocycles. The molecular weight excluding hydrogens is 435 g/mol. The van der Waals surface area contributed by atoms with E-state index >= 15 is 0 Å². The monoisotopic (exact) mass is 463 g/mol. The quantitative estimate of drug-likeness (QED) is 0.636. The van der Waals surface area contributed by atoms with Crippen molar-refractivity contribution in [3.8, 4) is 5.75 Å². The van der Waals surface area contributed by atoms with Gasteiger partial charge in [-0.15, -0.1) is 0 Å². The Morgan fingerprint density at radius 2 is 1.61 bits per heavy atom. The Balaban J connectivity index is 1.30. The third-order valence-corrected chi connectivity index (χ3v) is 6.68. The maximum atomic E-state index is 13.3. The van der Waals surface area contributed by atoms with Crippen LogP contribution in [0.3, 0.4) is 0 Å². The molecule has 0 bridgehead atoms. The minimum atomic E-state index is -4.40. The van der Waals surface area contributed by atoms with E-state index < -0.39 is 23.8 Å². The fourth-order valence-corrected chi connectivity index (χ4v) is 4.69. The first-order chi connectivity index (χ1) is 15.7. The first-order valence-electron chi connectivity index (χ1n) is 11.1. The second kappa shape index (κ2) is 9.35. The van der Waals surface area contributed by atoms with Crippen LogP contribution in [0, 0.1) is 5.41 Å². The van der Waals surface area contributed by atoms with E-state index in [0.717, 1.165) is 5.56 Å². The van der Waals surface area contributed by atoms with Crippen LogP contribution in [-0.2, 0) is 16.1 Å². The number of aliphatic hydroxyl groups is 1. The summed E-state index contributed by atoms with van der Waals surface area (Å²) in [6, 6.07) is 15.9. The molecule has 1 spiro atoms. The van der Waals surface area contributed by atoms with E-state index in [0.29, 0.717) is 50.9 Å². The third-order valence-electron chi connectivity index (χ3n) is 6.68. The molecule has 178 valence electrons. The summed E-state index contributed by atoms with van der Waals surface area (Å²) < 4.78 is 47.4. The van der Waals surface area contributed by atoms with Crippen molar-refractivity contribution < 1.29 is 32.5 Å². The molecule has 8 heteroatoms. The molecule has 0 atom stereocenters. The summed E-state index contributed by atoms with van der Waals surface area (Å²) in [7, 11) is 0. The summed E-state index contributed by atoms with van der Waals surface area (Å²) in [6.07, 6.45) is -1.55. The lowest BCUT2D eigenvalue weighted by Gasteiger charge is -2.40. The largest absolute Gasteiger partial charge is 0.484 e. The van der Waals surface area contributed by atoms with Gasteiger partial charge in [0.25, 0.3) is 0 Å². The molecule has 0 aromatic heterocycles. The maximum Gasteiger partial charge on any atom is 0.422 e. The molecule has 1 amide bonds. The fourth-order valence-electron chi connectivity index (χ4n) is 4.69. The Morgan fingerprint density at radius 3 is 2.24 bits per heavy atom. The van der Waals surface area contributed by atoms with Gasteiger partial charge in [0.2, 0.25) is 5.91 Å². The lowest BCUT2D eigenvalue weighted by atomic mass is 9.68. The van der Waals surface area contributed by atoms with Gasteiger partial charge in [-0.3, -0.25) is 4.79 Å². The minimum absolute atomic E-state index is 0.0127. The zero-order chi connectivity index (χ0) is 23.5. The van der Waals surface area contributed by atoms with Crippen molar-refractivity contribution in [3.63, 3.8) is 0 Å². The van der Waals surface area contributed by atoms with Crippen molar-refractivity contribution in [2.24, 2.45) is 5.41 Å². The van der Waals surface area contributed by atoms with E-state index in [4.69, 9.17) is 9.47 Å². The zero-order valence-corrected chi connectivity index (χ0v) is 18.3. The molecule has 2 aliphatic rings. The van der Waals surface area contributed by atoms with Crippen LogP contribution < -0.4 is 9.64 Å². The molecule has 1 saturated heterocycles. The first kappa shape index (κ1) is 23.6. The Hall–Kier alpha value is -2.58. The SMILES string of the molecule is O=C1N(c2ccc(OCC(F)(F)F)cc2)CCC12CCC(O)(COCc1ccccc1)CC2. The van der Waals surface area contributed by atoms with Crippen LogP contribution in [0.4, 0.5) is 18.9 Å². The van der Waals surface area contributed by atoms with Crippen molar-refractivity contribution >= 4 is 11.6 Å². The summed E-state index contributed by atoms with van der Waals surface area (Å²) in [5.41, 5.74) is 0.246. The van der Waals surface area contributed by atoms with Gasteiger partial charge in [0.05, 0.1) is 24.2 Å². The van der Waals surface area contributed by atoms with Gasteiger partial charge in [-0.25, -0.2) is 0 Å². The molecule has 0 radical (unpaired) electrons. The molecule has 5 nitrogen and oxygen atoms in total. The average molecular weight is 463 g/mol. The highest BCUT2D eigenvalue weighted by molar-refractivity contribution is 6.00. The third kappa shape index (κ3) is 5.68. The van der Waals surface area contributed by atoms with E-state index in [1.54, 1.807) is 17.0 Å². The second-order valence-corrected chi connectivity index (χ2v) is 9.09. The van der Waals surface area contributed by atoms with Crippen molar-refractivity contribution in [1.82, 2.24) is 0 Å². The molecule has 2 aromatic carbocycles. The number of hydrogen-bond donors (Lipinski definition) is 1. The highest BCUT2D eigenvalue weighted by atomic mass is 19.4. The second-order valence-electron chi connectivity index (χ2n) is 9.09. The molecule has 2 fully saturated rings. The van der Waals surface area contributed by atoms with Crippen LogP contribution in [0.25, 0.3) is 0 Å². The highest BCUT2D eigenvalue weighted by Crippen LogP contribution is 2.48. The number of anilines is 1. The van der Waals surface area contributed by atoms with Crippen molar-refractivity contribution in [2.45, 2.75) is 50.5 Å². The zero-order valence-electron chi connectivity index (χ0n) is 18.3. The Kier molecular flexibility index (Phi) is 6.68. The van der Waals surface area contributed by atoms with Gasteiger partial charge < -0.3 is 19.5 Å². The van der Waals surface area contributed by atoms with Gasteiger partial charge >= 0.3 is 6.18 Å². The van der Waals surface area contributed by atoms with E-state index in [1.165, 1.54) is 12.1 Å². The molecule has 1 aliphatic carbocycles. The molecular formula is C25H28F3NO4. The molecule has 0 unspecified atom stereocenters. The van der Waals surface area contributed by atoms with Crippen LogP contribution in [0.1, 0.15) is 37.7 Å². The summed E-state index contributed by atoms with van der Waals surface area (Å²) in [5.74, 6) is 0.120. The normalized spacial score (nSPS) is 25.6. The predicted molar refractivity (Wildman–Crippen MR) is 117 cm³/mol. The standard InChI is InChI=1S/C25H28F3NO4/c26-25(27,28)18-33-21-8-6-20(7-9-21)29-15-14-23(22(29)30)10-12-24(31,13-11-23)17-32-16-19-4-2-1-3-5-19/h1-9,31H,10-18H2. The lowest BCUT2D eigenvalue weighted by molar-refractivity contribution is -0.153. The van der Waals surface area contributed by atoms with Gasteiger partial charge in [0.1, 0.15) is 5.75 Å². The molecule has 2 aromatic rings. The topological polar surface area (TPSA) is 59.0 Å². The minimum Gasteiger partial charge on any atom is -0.484 e. The van der Waals surface area contributed by atoms with Crippen LogP contribution in [0.5, 0.6) is 5.75 Å². The number of nitrogens with zero attached hydrogens (tertiary/aromatic N) is 1. The Bertz CT molecular complexity index is 938. The van der Waals surface area contributed by atoms with Crippen LogP contribution in [0.2, 0.25) is 0 Å². The fraction of sp³-hybridized carbons (Fsp3) is 0.480. The van der Waals surface area contributed by atoms with Gasteiger partial charge in [-0.1, -0.05) is 30.3 Å². The number of rotatable bonds is 7. The molecule has 33 heavy (non-hydrogen) atoms. The van der Waals surface area contributed by atoms with Gasteiger partial charge in [0.15, 0.2) is 6.61 Å². The van der Waals surface area contributed by atoms with Crippen molar-refractivity contribution in [1.29, 1.82) is 0 Å². The van der Waals surface area contributed by atoms with Crippen LogP contribution in [0.15, 0.2) is 54.6 Å². The van der Waals surface area contributed by atoms with E-state index in [1.807, 2.05) is 30.3 Å². The number of ether oxygens (including phenoxy) is 2. The molecule has 4 rings (SSSR count). The van der Waals surface area contributed by atoms with Gasteiger partial charge in [-0.05, 0) is 61.9 Å². The summed E-state index contributed by atoms with van der Waals surface area (Å²) >= 11 is 0. The van der Waals surface area contributed by atoms with Gasteiger partial charge in [0, 0.05) is 12.2 Å².